The number of anilines is 1. The number of hydrogen-bond acceptors (Lipinski definition) is 3. The number of benzene rings is 1. The third kappa shape index (κ3) is 2.05. The van der Waals surface area contributed by atoms with Crippen molar-refractivity contribution in [1.29, 1.82) is 0 Å². The lowest BCUT2D eigenvalue weighted by molar-refractivity contribution is 0.434. The van der Waals surface area contributed by atoms with Gasteiger partial charge in [0.15, 0.2) is 11.6 Å². The van der Waals surface area contributed by atoms with E-state index in [1.54, 1.807) is 0 Å². The summed E-state index contributed by atoms with van der Waals surface area (Å²) in [5, 5.41) is 3.88. The van der Waals surface area contributed by atoms with Gasteiger partial charge in [-0.2, -0.15) is 0 Å². The smallest absolute Gasteiger partial charge is 0.172 e. The van der Waals surface area contributed by atoms with Crippen LogP contribution < -0.4 is 5.73 Å². The second kappa shape index (κ2) is 4.24. The van der Waals surface area contributed by atoms with Gasteiger partial charge in [-0.3, -0.25) is 0 Å². The maximum Gasteiger partial charge on any atom is 0.172 e. The molecule has 3 nitrogen and oxygen atoms in total. The van der Waals surface area contributed by atoms with E-state index >= 15 is 0 Å². The molecule has 1 heterocycles. The molecule has 0 spiro atoms. The molecule has 2 N–H and O–H groups in total. The quantitative estimate of drug-likeness (QED) is 0.856. The van der Waals surface area contributed by atoms with Crippen LogP contribution in [-0.2, 0) is 0 Å². The van der Waals surface area contributed by atoms with E-state index in [4.69, 9.17) is 10.3 Å². The molecule has 0 saturated carbocycles. The molecule has 2 rings (SSSR count). The van der Waals surface area contributed by atoms with E-state index in [-0.39, 0.29) is 0 Å². The highest BCUT2D eigenvalue weighted by Crippen LogP contribution is 2.35. The number of nitrogens with zero attached hydrogens (tertiary/aromatic N) is 1. The summed E-state index contributed by atoms with van der Waals surface area (Å²) in [5.74, 6) is 1.60. The lowest BCUT2D eigenvalue weighted by atomic mass is 9.96. The Hall–Kier alpha value is -1.77. The summed E-state index contributed by atoms with van der Waals surface area (Å²) >= 11 is 0. The van der Waals surface area contributed by atoms with E-state index in [1.165, 1.54) is 11.1 Å². The third-order valence-electron chi connectivity index (χ3n) is 2.96. The van der Waals surface area contributed by atoms with Crippen LogP contribution in [0.25, 0.3) is 11.3 Å². The van der Waals surface area contributed by atoms with Crippen molar-refractivity contribution >= 4 is 5.82 Å². The fourth-order valence-corrected chi connectivity index (χ4v) is 2.13. The van der Waals surface area contributed by atoms with E-state index in [9.17, 15) is 0 Å². The SMILES string of the molecule is Cc1ccc(-c2onc(N)c2C(C)C)c(C)c1. The summed E-state index contributed by atoms with van der Waals surface area (Å²) in [6, 6.07) is 6.28. The number of aryl methyl sites for hydroxylation is 2. The van der Waals surface area contributed by atoms with Gasteiger partial charge in [-0.15, -0.1) is 0 Å². The molecule has 0 bridgehead atoms. The van der Waals surface area contributed by atoms with Crippen LogP contribution in [-0.4, -0.2) is 5.16 Å². The van der Waals surface area contributed by atoms with Crippen LogP contribution in [0.5, 0.6) is 0 Å². The number of rotatable bonds is 2. The van der Waals surface area contributed by atoms with Gasteiger partial charge in [0.05, 0.1) is 0 Å². The molecule has 0 amide bonds. The molecule has 0 radical (unpaired) electrons. The molecule has 0 saturated heterocycles. The highest BCUT2D eigenvalue weighted by atomic mass is 16.5. The number of hydrogen-bond donors (Lipinski definition) is 1. The van der Waals surface area contributed by atoms with Crippen molar-refractivity contribution in [2.75, 3.05) is 5.73 Å². The normalized spacial score (nSPS) is 11.1. The Bertz CT molecular complexity index is 541. The molecule has 1 aromatic carbocycles. The van der Waals surface area contributed by atoms with E-state index in [0.717, 1.165) is 16.9 Å². The molecule has 0 aliphatic carbocycles. The average Bonchev–Trinajstić information content (AvgIpc) is 2.60. The van der Waals surface area contributed by atoms with Crippen molar-refractivity contribution in [3.05, 3.63) is 34.9 Å². The van der Waals surface area contributed by atoms with Crippen LogP contribution in [0.1, 0.15) is 36.5 Å². The van der Waals surface area contributed by atoms with Crippen molar-refractivity contribution in [3.8, 4) is 11.3 Å². The standard InChI is InChI=1S/C14H18N2O/c1-8(2)12-13(17-16-14(12)15)11-6-5-9(3)7-10(11)4/h5-8H,1-4H3,(H2,15,16). The lowest BCUT2D eigenvalue weighted by Gasteiger charge is -2.08. The Balaban J connectivity index is 2.61. The zero-order chi connectivity index (χ0) is 12.6. The Labute approximate surface area is 102 Å². The first-order chi connectivity index (χ1) is 8.00. The summed E-state index contributed by atoms with van der Waals surface area (Å²) in [7, 11) is 0. The van der Waals surface area contributed by atoms with Gasteiger partial charge >= 0.3 is 0 Å². The zero-order valence-electron chi connectivity index (χ0n) is 10.7. The van der Waals surface area contributed by atoms with Crippen molar-refractivity contribution in [3.63, 3.8) is 0 Å². The molecule has 0 atom stereocenters. The first kappa shape index (κ1) is 11.7. The van der Waals surface area contributed by atoms with Crippen LogP contribution in [0, 0.1) is 13.8 Å². The molecule has 0 aliphatic heterocycles. The lowest BCUT2D eigenvalue weighted by Crippen LogP contribution is -1.96. The number of nitrogen functional groups attached to an aromatic ring is 1. The summed E-state index contributed by atoms with van der Waals surface area (Å²) in [4.78, 5) is 0. The molecule has 2 aromatic rings. The minimum absolute atomic E-state index is 0.303. The fourth-order valence-electron chi connectivity index (χ4n) is 2.13. The van der Waals surface area contributed by atoms with Gasteiger partial charge in [0.25, 0.3) is 0 Å². The summed E-state index contributed by atoms with van der Waals surface area (Å²) in [5.41, 5.74) is 10.3. The first-order valence-corrected chi connectivity index (χ1v) is 5.83. The molecule has 0 fully saturated rings. The van der Waals surface area contributed by atoms with Gasteiger partial charge in [-0.05, 0) is 25.3 Å². The van der Waals surface area contributed by atoms with Crippen LogP contribution in [0.15, 0.2) is 22.7 Å². The van der Waals surface area contributed by atoms with Gasteiger partial charge in [-0.25, -0.2) is 0 Å². The maximum absolute atomic E-state index is 5.85. The molecule has 17 heavy (non-hydrogen) atoms. The third-order valence-corrected chi connectivity index (χ3v) is 2.96. The number of aromatic nitrogens is 1. The van der Waals surface area contributed by atoms with Crippen molar-refractivity contribution in [2.24, 2.45) is 0 Å². The highest BCUT2D eigenvalue weighted by Gasteiger charge is 2.19. The van der Waals surface area contributed by atoms with Crippen LogP contribution in [0.2, 0.25) is 0 Å². The van der Waals surface area contributed by atoms with E-state index in [1.807, 2.05) is 0 Å². The van der Waals surface area contributed by atoms with Gasteiger partial charge in [-0.1, -0.05) is 42.8 Å². The zero-order valence-corrected chi connectivity index (χ0v) is 10.7. The van der Waals surface area contributed by atoms with E-state index in [0.29, 0.717) is 11.7 Å². The predicted octanol–water partition coefficient (Wildman–Crippen LogP) is 3.66. The minimum Gasteiger partial charge on any atom is -0.381 e. The van der Waals surface area contributed by atoms with Crippen molar-refractivity contribution in [1.82, 2.24) is 5.16 Å². The summed E-state index contributed by atoms with van der Waals surface area (Å²) in [6.45, 7) is 8.34. The molecule has 0 unspecified atom stereocenters. The molecule has 1 aromatic heterocycles. The monoisotopic (exact) mass is 230 g/mol. The molecular weight excluding hydrogens is 212 g/mol. The fraction of sp³-hybridized carbons (Fsp3) is 0.357. The van der Waals surface area contributed by atoms with Crippen LogP contribution >= 0.6 is 0 Å². The molecule has 3 heteroatoms. The van der Waals surface area contributed by atoms with Crippen molar-refractivity contribution in [2.45, 2.75) is 33.6 Å². The summed E-state index contributed by atoms with van der Waals surface area (Å²) < 4.78 is 5.39. The first-order valence-electron chi connectivity index (χ1n) is 5.83. The highest BCUT2D eigenvalue weighted by molar-refractivity contribution is 5.70. The second-order valence-corrected chi connectivity index (χ2v) is 4.78. The Morgan fingerprint density at radius 1 is 1.24 bits per heavy atom. The molecular formula is C14H18N2O. The number of nitrogens with two attached hydrogens (primary N) is 1. The Kier molecular flexibility index (Phi) is 2.92. The average molecular weight is 230 g/mol. The Morgan fingerprint density at radius 3 is 2.53 bits per heavy atom. The summed E-state index contributed by atoms with van der Waals surface area (Å²) in [6.07, 6.45) is 0. The van der Waals surface area contributed by atoms with Gasteiger partial charge in [0.1, 0.15) is 0 Å². The van der Waals surface area contributed by atoms with Crippen LogP contribution in [0.3, 0.4) is 0 Å². The van der Waals surface area contributed by atoms with Gasteiger partial charge in [0, 0.05) is 11.1 Å². The minimum atomic E-state index is 0.303. The largest absolute Gasteiger partial charge is 0.381 e. The molecule has 90 valence electrons. The van der Waals surface area contributed by atoms with E-state index in [2.05, 4.69) is 51.1 Å². The topological polar surface area (TPSA) is 52.0 Å². The maximum atomic E-state index is 5.85. The van der Waals surface area contributed by atoms with Crippen molar-refractivity contribution < 1.29 is 4.52 Å². The van der Waals surface area contributed by atoms with Gasteiger partial charge in [0.2, 0.25) is 0 Å². The van der Waals surface area contributed by atoms with E-state index < -0.39 is 0 Å². The molecule has 0 aliphatic rings. The predicted molar refractivity (Wildman–Crippen MR) is 69.9 cm³/mol. The second-order valence-electron chi connectivity index (χ2n) is 4.78. The Morgan fingerprint density at radius 2 is 1.94 bits per heavy atom. The van der Waals surface area contributed by atoms with Gasteiger partial charge < -0.3 is 10.3 Å². The van der Waals surface area contributed by atoms with Crippen LogP contribution in [0.4, 0.5) is 5.82 Å².